The molecule has 0 saturated carbocycles. The molecule has 44 heavy (non-hydrogen) atoms. The summed E-state index contributed by atoms with van der Waals surface area (Å²) in [5.41, 5.74) is 4.10. The molecule has 226 valence electrons. The van der Waals surface area contributed by atoms with Gasteiger partial charge in [-0.1, -0.05) is 12.1 Å². The number of rotatable bonds is 9. The third kappa shape index (κ3) is 6.15. The molecule has 2 aromatic carbocycles. The van der Waals surface area contributed by atoms with Crippen LogP contribution in [0.5, 0.6) is 0 Å². The maximum absolute atomic E-state index is 13.7. The Morgan fingerprint density at radius 2 is 1.86 bits per heavy atom. The Kier molecular flexibility index (Phi) is 8.32. The van der Waals surface area contributed by atoms with Crippen LogP contribution >= 0.6 is 0 Å². The minimum atomic E-state index is -4.49. The van der Waals surface area contributed by atoms with Crippen LogP contribution in [0.25, 0.3) is 33.7 Å². The maximum atomic E-state index is 13.7. The van der Waals surface area contributed by atoms with Crippen molar-refractivity contribution in [2.75, 3.05) is 31.5 Å². The number of hydrogen-bond donors (Lipinski definition) is 3. The van der Waals surface area contributed by atoms with E-state index in [1.54, 1.807) is 45.7 Å². The van der Waals surface area contributed by atoms with Gasteiger partial charge in [0, 0.05) is 29.9 Å². The minimum absolute atomic E-state index is 0.388. The second-order valence-corrected chi connectivity index (χ2v) is 10.9. The molecule has 0 radical (unpaired) electrons. The molecular formula is C32H32F3N9. The highest BCUT2D eigenvalue weighted by atomic mass is 19.4. The number of nitriles is 1. The van der Waals surface area contributed by atoms with Gasteiger partial charge >= 0.3 is 6.18 Å². The van der Waals surface area contributed by atoms with Gasteiger partial charge in [-0.2, -0.15) is 28.5 Å². The lowest BCUT2D eigenvalue weighted by Crippen LogP contribution is -2.40. The van der Waals surface area contributed by atoms with E-state index in [1.165, 1.54) is 6.07 Å². The van der Waals surface area contributed by atoms with Gasteiger partial charge in [0.05, 0.1) is 34.8 Å². The molecule has 1 fully saturated rings. The second kappa shape index (κ2) is 12.5. The van der Waals surface area contributed by atoms with E-state index in [4.69, 9.17) is 4.98 Å². The molecule has 1 aliphatic rings. The average Bonchev–Trinajstić information content (AvgIpc) is 3.68. The number of benzene rings is 2. The molecule has 4 heterocycles. The summed E-state index contributed by atoms with van der Waals surface area (Å²) in [7, 11) is 0. The van der Waals surface area contributed by atoms with E-state index < -0.39 is 11.7 Å². The molecule has 0 atom stereocenters. The van der Waals surface area contributed by atoms with Crippen LogP contribution in [0.2, 0.25) is 0 Å². The van der Waals surface area contributed by atoms with Crippen molar-refractivity contribution >= 4 is 11.6 Å². The fourth-order valence-electron chi connectivity index (χ4n) is 5.65. The lowest BCUT2D eigenvalue weighted by molar-refractivity contribution is -0.137. The maximum Gasteiger partial charge on any atom is 0.416 e. The highest BCUT2D eigenvalue weighted by molar-refractivity contribution is 5.86. The molecule has 5 aromatic rings. The van der Waals surface area contributed by atoms with Crippen LogP contribution in [0.15, 0.2) is 67.0 Å². The number of fused-ring (bicyclic) bond motifs is 1. The fraction of sp³-hybridized carbons (Fsp3) is 0.312. The molecule has 12 heteroatoms. The van der Waals surface area contributed by atoms with E-state index in [2.05, 4.69) is 32.2 Å². The summed E-state index contributed by atoms with van der Waals surface area (Å²) in [5, 5.41) is 28.6. The van der Waals surface area contributed by atoms with E-state index in [0.717, 1.165) is 73.5 Å². The summed E-state index contributed by atoms with van der Waals surface area (Å²) in [6.07, 6.45) is 2.10. The molecule has 0 bridgehead atoms. The van der Waals surface area contributed by atoms with Crippen molar-refractivity contribution in [3.05, 3.63) is 83.7 Å². The molecule has 0 amide bonds. The number of alkyl halides is 3. The molecule has 0 spiro atoms. The van der Waals surface area contributed by atoms with Crippen molar-refractivity contribution in [2.45, 2.75) is 38.4 Å². The van der Waals surface area contributed by atoms with Crippen molar-refractivity contribution in [2.24, 2.45) is 0 Å². The van der Waals surface area contributed by atoms with Gasteiger partial charge < -0.3 is 16.0 Å². The van der Waals surface area contributed by atoms with E-state index in [9.17, 15) is 18.4 Å². The second-order valence-electron chi connectivity index (χ2n) is 10.9. The van der Waals surface area contributed by atoms with E-state index in [0.29, 0.717) is 40.9 Å². The van der Waals surface area contributed by atoms with Crippen LogP contribution in [0.4, 0.5) is 19.1 Å². The third-order valence-electron chi connectivity index (χ3n) is 7.93. The van der Waals surface area contributed by atoms with Crippen molar-refractivity contribution in [3.63, 3.8) is 0 Å². The first kappa shape index (κ1) is 29.3. The molecule has 1 saturated heterocycles. The lowest BCUT2D eigenvalue weighted by atomic mass is 9.95. The van der Waals surface area contributed by atoms with Crippen molar-refractivity contribution < 1.29 is 13.2 Å². The number of pyridine rings is 1. The first-order chi connectivity index (χ1) is 21.3. The zero-order valence-electron chi connectivity index (χ0n) is 24.2. The fourth-order valence-corrected chi connectivity index (χ4v) is 5.65. The molecule has 3 aromatic heterocycles. The van der Waals surface area contributed by atoms with Gasteiger partial charge in [-0.25, -0.2) is 9.20 Å². The van der Waals surface area contributed by atoms with Gasteiger partial charge in [0.2, 0.25) is 5.95 Å². The van der Waals surface area contributed by atoms with Crippen LogP contribution < -0.4 is 16.0 Å². The van der Waals surface area contributed by atoms with Gasteiger partial charge in [0.25, 0.3) is 0 Å². The number of halogens is 3. The zero-order chi connectivity index (χ0) is 30.7. The summed E-state index contributed by atoms with van der Waals surface area (Å²) in [6.45, 7) is 5.44. The first-order valence-electron chi connectivity index (χ1n) is 14.6. The minimum Gasteiger partial charge on any atom is -0.353 e. The predicted molar refractivity (Wildman–Crippen MR) is 162 cm³/mol. The van der Waals surface area contributed by atoms with E-state index in [-0.39, 0.29) is 0 Å². The lowest BCUT2D eigenvalue weighted by Gasteiger charge is -2.23. The number of nitrogens with one attached hydrogen (secondary N) is 3. The summed E-state index contributed by atoms with van der Waals surface area (Å²) in [6, 6.07) is 16.8. The normalized spacial score (nSPS) is 14.2. The Balaban J connectivity index is 1.36. The molecule has 3 N–H and O–H groups in total. The smallest absolute Gasteiger partial charge is 0.353 e. The van der Waals surface area contributed by atoms with Crippen LogP contribution in [0.3, 0.4) is 0 Å². The summed E-state index contributed by atoms with van der Waals surface area (Å²) in [5.74, 6) is 0.400. The van der Waals surface area contributed by atoms with Crippen LogP contribution in [-0.2, 0) is 6.18 Å². The number of nitrogens with zero attached hydrogens (tertiary/aromatic N) is 6. The molecule has 0 unspecified atom stereocenters. The van der Waals surface area contributed by atoms with Crippen LogP contribution in [0.1, 0.15) is 36.0 Å². The van der Waals surface area contributed by atoms with Crippen molar-refractivity contribution in [1.82, 2.24) is 35.0 Å². The van der Waals surface area contributed by atoms with Gasteiger partial charge in [-0.15, -0.1) is 5.10 Å². The van der Waals surface area contributed by atoms with Gasteiger partial charge in [-0.3, -0.25) is 0 Å². The zero-order valence-corrected chi connectivity index (χ0v) is 24.2. The van der Waals surface area contributed by atoms with E-state index in [1.807, 2.05) is 19.2 Å². The Labute approximate surface area is 252 Å². The Morgan fingerprint density at radius 1 is 1.07 bits per heavy atom. The molecular weight excluding hydrogens is 567 g/mol. The van der Waals surface area contributed by atoms with Crippen molar-refractivity contribution in [3.8, 4) is 34.1 Å². The van der Waals surface area contributed by atoms with Gasteiger partial charge in [0.15, 0.2) is 5.65 Å². The van der Waals surface area contributed by atoms with E-state index >= 15 is 0 Å². The third-order valence-corrected chi connectivity index (χ3v) is 7.93. The summed E-state index contributed by atoms with van der Waals surface area (Å²) < 4.78 is 44.6. The van der Waals surface area contributed by atoms with Crippen LogP contribution in [0, 0.1) is 18.3 Å². The van der Waals surface area contributed by atoms with Gasteiger partial charge in [-0.05, 0) is 99.4 Å². The first-order valence-corrected chi connectivity index (χ1v) is 14.6. The van der Waals surface area contributed by atoms with Crippen LogP contribution in [-0.4, -0.2) is 56.6 Å². The largest absolute Gasteiger partial charge is 0.416 e. The standard InChI is InChI=1S/C32H32F3N9/c1-21-27(28-12-17-40-44(28)26-8-6-22(19-36)7-9-26)20-43-30(29(21)23-4-2-5-24(18-23)32(33,34)35)41-31(42-43)39-14-3-13-38-25-10-15-37-16-11-25/h2,4-9,12,17-18,20,25,37-38H,3,10-11,13-16H2,1H3,(H,39,42). The highest BCUT2D eigenvalue weighted by Crippen LogP contribution is 2.38. The highest BCUT2D eigenvalue weighted by Gasteiger charge is 2.31. The Morgan fingerprint density at radius 3 is 2.61 bits per heavy atom. The Bertz CT molecular complexity index is 1790. The summed E-state index contributed by atoms with van der Waals surface area (Å²) in [4.78, 5) is 4.73. The summed E-state index contributed by atoms with van der Waals surface area (Å²) >= 11 is 0. The molecule has 9 nitrogen and oxygen atoms in total. The number of piperidine rings is 1. The average molecular weight is 600 g/mol. The SMILES string of the molecule is Cc1c(-c2ccnn2-c2ccc(C#N)cc2)cn2nc(NCCCNC3CCNCC3)nc2c1-c1cccc(C(F)(F)F)c1. The van der Waals surface area contributed by atoms with Gasteiger partial charge in [0.1, 0.15) is 0 Å². The molecule has 6 rings (SSSR count). The topological polar surface area (TPSA) is 108 Å². The molecule has 1 aliphatic heterocycles. The number of aromatic nitrogens is 5. The van der Waals surface area contributed by atoms with Crippen molar-refractivity contribution in [1.29, 1.82) is 5.26 Å². The predicted octanol–water partition coefficient (Wildman–Crippen LogP) is 5.59. The monoisotopic (exact) mass is 599 g/mol. The number of hydrogen-bond acceptors (Lipinski definition) is 7. The number of anilines is 1. The quantitative estimate of drug-likeness (QED) is 0.190. The Hall–Kier alpha value is -4.73. The molecule has 0 aliphatic carbocycles.